The van der Waals surface area contributed by atoms with Crippen LogP contribution in [0.15, 0.2) is 28.7 Å². The Kier molecular flexibility index (Phi) is 11.2. The van der Waals surface area contributed by atoms with E-state index in [4.69, 9.17) is 9.05 Å². The summed E-state index contributed by atoms with van der Waals surface area (Å²) < 4.78 is 23.9. The van der Waals surface area contributed by atoms with E-state index < -0.39 is 13.5 Å². The molecule has 1 N–H and O–H groups in total. The maximum atomic E-state index is 12.7. The zero-order valence-corrected chi connectivity index (χ0v) is 19.6. The fourth-order valence-corrected chi connectivity index (χ4v) is 4.47. The van der Waals surface area contributed by atoms with Crippen molar-refractivity contribution >= 4 is 35.2 Å². The molecule has 0 fully saturated rings. The van der Waals surface area contributed by atoms with Crippen molar-refractivity contribution in [3.8, 4) is 0 Å². The third-order valence-corrected chi connectivity index (χ3v) is 6.91. The molecular formula is C20H31BrNO5P. The Hall–Kier alpha value is -1.01. The van der Waals surface area contributed by atoms with Gasteiger partial charge in [-0.2, -0.15) is 0 Å². The van der Waals surface area contributed by atoms with Crippen molar-refractivity contribution in [2.75, 3.05) is 19.5 Å². The maximum Gasteiger partial charge on any atom is 0.349 e. The minimum atomic E-state index is -3.37. The molecular weight excluding hydrogens is 445 g/mol. The lowest BCUT2D eigenvalue weighted by molar-refractivity contribution is -0.130. The molecule has 2 atom stereocenters. The predicted molar refractivity (Wildman–Crippen MR) is 114 cm³/mol. The Morgan fingerprint density at radius 1 is 1.11 bits per heavy atom. The van der Waals surface area contributed by atoms with Crippen LogP contribution in [-0.4, -0.2) is 31.2 Å². The number of nitrogens with one attached hydrogen (secondary N) is 1. The van der Waals surface area contributed by atoms with Crippen LogP contribution in [0.1, 0.15) is 46.1 Å². The minimum Gasteiger partial charge on any atom is -0.344 e. The van der Waals surface area contributed by atoms with Gasteiger partial charge in [-0.05, 0) is 37.5 Å². The van der Waals surface area contributed by atoms with E-state index in [0.29, 0.717) is 0 Å². The lowest BCUT2D eigenvalue weighted by Crippen LogP contribution is -2.36. The SMILES string of the molecule is CCOP(=O)(CNC(=O)[C@@H](CC(=O)Cc1ccc(Br)cc1)[C@@H](C)CC)OCC. The van der Waals surface area contributed by atoms with Crippen LogP contribution in [0.5, 0.6) is 0 Å². The van der Waals surface area contributed by atoms with Crippen LogP contribution in [0.2, 0.25) is 0 Å². The summed E-state index contributed by atoms with van der Waals surface area (Å²) >= 11 is 3.37. The lowest BCUT2D eigenvalue weighted by atomic mass is 9.85. The first-order chi connectivity index (χ1) is 13.2. The normalized spacial score (nSPS) is 13.8. The Labute approximate surface area is 176 Å². The highest BCUT2D eigenvalue weighted by Gasteiger charge is 2.30. The van der Waals surface area contributed by atoms with E-state index in [1.54, 1.807) is 13.8 Å². The first kappa shape index (κ1) is 25.0. The lowest BCUT2D eigenvalue weighted by Gasteiger charge is -2.23. The molecule has 0 radical (unpaired) electrons. The van der Waals surface area contributed by atoms with Gasteiger partial charge in [-0.25, -0.2) is 0 Å². The molecule has 0 aliphatic rings. The average molecular weight is 476 g/mol. The smallest absolute Gasteiger partial charge is 0.344 e. The molecule has 1 aromatic carbocycles. The number of Topliss-reactive ketones (excluding diaryl/α,β-unsaturated/α-hetero) is 1. The Bertz CT molecular complexity index is 670. The molecule has 1 aromatic rings. The van der Waals surface area contributed by atoms with Gasteiger partial charge in [0, 0.05) is 23.2 Å². The molecule has 0 aliphatic carbocycles. The van der Waals surface area contributed by atoms with Gasteiger partial charge in [0.25, 0.3) is 0 Å². The minimum absolute atomic E-state index is 0.000529. The van der Waals surface area contributed by atoms with E-state index in [1.807, 2.05) is 38.1 Å². The fraction of sp³-hybridized carbons (Fsp3) is 0.600. The van der Waals surface area contributed by atoms with E-state index in [1.165, 1.54) is 0 Å². The Balaban J connectivity index is 2.75. The molecule has 28 heavy (non-hydrogen) atoms. The Morgan fingerprint density at radius 2 is 1.68 bits per heavy atom. The molecule has 0 saturated heterocycles. The Morgan fingerprint density at radius 3 is 2.18 bits per heavy atom. The highest BCUT2D eigenvalue weighted by Crippen LogP contribution is 2.46. The second-order valence-electron chi connectivity index (χ2n) is 6.68. The van der Waals surface area contributed by atoms with Crippen LogP contribution >= 0.6 is 23.5 Å². The molecule has 0 unspecified atom stereocenters. The summed E-state index contributed by atoms with van der Waals surface area (Å²) in [5.74, 6) is -0.754. The van der Waals surface area contributed by atoms with Crippen molar-refractivity contribution in [1.82, 2.24) is 5.32 Å². The topological polar surface area (TPSA) is 81.7 Å². The summed E-state index contributed by atoms with van der Waals surface area (Å²) in [6.45, 7) is 7.82. The highest BCUT2D eigenvalue weighted by molar-refractivity contribution is 9.10. The number of amides is 1. The van der Waals surface area contributed by atoms with E-state index in [-0.39, 0.29) is 49.9 Å². The molecule has 0 spiro atoms. The third-order valence-electron chi connectivity index (χ3n) is 4.53. The largest absolute Gasteiger partial charge is 0.349 e. The molecule has 0 heterocycles. The van der Waals surface area contributed by atoms with Crippen molar-refractivity contribution in [2.24, 2.45) is 11.8 Å². The molecule has 1 amide bonds. The number of benzene rings is 1. The van der Waals surface area contributed by atoms with E-state index in [0.717, 1.165) is 16.5 Å². The van der Waals surface area contributed by atoms with Crippen LogP contribution < -0.4 is 5.32 Å². The molecule has 0 saturated carbocycles. The van der Waals surface area contributed by atoms with Gasteiger partial charge in [0.15, 0.2) is 0 Å². The second kappa shape index (κ2) is 12.5. The molecule has 0 bridgehead atoms. The van der Waals surface area contributed by atoms with Crippen molar-refractivity contribution < 1.29 is 23.2 Å². The zero-order chi connectivity index (χ0) is 21.2. The summed E-state index contributed by atoms with van der Waals surface area (Å²) in [4.78, 5) is 25.3. The number of ketones is 1. The van der Waals surface area contributed by atoms with Crippen LogP contribution in [-0.2, 0) is 29.6 Å². The highest BCUT2D eigenvalue weighted by atomic mass is 79.9. The fourth-order valence-electron chi connectivity index (χ4n) is 2.81. The monoisotopic (exact) mass is 475 g/mol. The molecule has 1 rings (SSSR count). The van der Waals surface area contributed by atoms with Crippen LogP contribution in [0.4, 0.5) is 0 Å². The van der Waals surface area contributed by atoms with E-state index in [2.05, 4.69) is 21.2 Å². The van der Waals surface area contributed by atoms with Gasteiger partial charge in [-0.15, -0.1) is 0 Å². The number of carbonyl (C=O) groups is 2. The quantitative estimate of drug-likeness (QED) is 0.408. The van der Waals surface area contributed by atoms with Gasteiger partial charge in [0.1, 0.15) is 12.1 Å². The van der Waals surface area contributed by atoms with Crippen LogP contribution in [0, 0.1) is 11.8 Å². The average Bonchev–Trinajstić information content (AvgIpc) is 2.66. The molecule has 0 aliphatic heterocycles. The summed E-state index contributed by atoms with van der Waals surface area (Å²) in [5, 5.41) is 2.67. The summed E-state index contributed by atoms with van der Waals surface area (Å²) in [6, 6.07) is 7.56. The van der Waals surface area contributed by atoms with E-state index in [9.17, 15) is 14.2 Å². The standard InChI is InChI=1S/C20H31BrNO5P/c1-5-15(4)19(13-18(23)12-16-8-10-17(21)11-9-16)20(24)22-14-28(25,26-6-2)27-7-3/h8-11,15,19H,5-7,12-14H2,1-4H3,(H,22,24)/t15-,19-/m0/s1. The predicted octanol–water partition coefficient (Wildman–Crippen LogP) is 4.95. The number of carbonyl (C=O) groups excluding carboxylic acids is 2. The van der Waals surface area contributed by atoms with Gasteiger partial charge in [-0.3, -0.25) is 14.2 Å². The van der Waals surface area contributed by atoms with Crippen LogP contribution in [0.3, 0.4) is 0 Å². The van der Waals surface area contributed by atoms with Crippen molar-refractivity contribution in [3.63, 3.8) is 0 Å². The van der Waals surface area contributed by atoms with Crippen molar-refractivity contribution in [2.45, 2.75) is 47.0 Å². The molecule has 0 aromatic heterocycles. The van der Waals surface area contributed by atoms with Gasteiger partial charge in [-0.1, -0.05) is 48.3 Å². The van der Waals surface area contributed by atoms with Gasteiger partial charge < -0.3 is 14.4 Å². The number of halogens is 1. The van der Waals surface area contributed by atoms with Gasteiger partial charge in [0.2, 0.25) is 5.91 Å². The second-order valence-corrected chi connectivity index (χ2v) is 9.65. The number of rotatable bonds is 13. The van der Waals surface area contributed by atoms with Crippen LogP contribution in [0.25, 0.3) is 0 Å². The van der Waals surface area contributed by atoms with Gasteiger partial charge in [0.05, 0.1) is 13.2 Å². The number of hydrogen-bond donors (Lipinski definition) is 1. The maximum absolute atomic E-state index is 12.7. The van der Waals surface area contributed by atoms with Gasteiger partial charge >= 0.3 is 7.60 Å². The molecule has 158 valence electrons. The van der Waals surface area contributed by atoms with E-state index >= 15 is 0 Å². The first-order valence-corrected chi connectivity index (χ1v) is 12.2. The third kappa shape index (κ3) is 8.56. The zero-order valence-electron chi connectivity index (χ0n) is 17.1. The molecule has 6 nitrogen and oxygen atoms in total. The van der Waals surface area contributed by atoms with Crippen molar-refractivity contribution in [3.05, 3.63) is 34.3 Å². The summed E-state index contributed by atoms with van der Waals surface area (Å²) in [7, 11) is -3.37. The first-order valence-electron chi connectivity index (χ1n) is 9.66. The summed E-state index contributed by atoms with van der Waals surface area (Å²) in [6.07, 6.45) is 0.994. The number of hydrogen-bond acceptors (Lipinski definition) is 5. The van der Waals surface area contributed by atoms with Crippen molar-refractivity contribution in [1.29, 1.82) is 0 Å². The molecule has 8 heteroatoms. The summed E-state index contributed by atoms with van der Waals surface area (Å²) in [5.41, 5.74) is 0.911.